The fourth-order valence-corrected chi connectivity index (χ4v) is 4.26. The highest BCUT2D eigenvalue weighted by Gasteiger charge is 2.29. The Hall–Kier alpha value is -4.23. The molecular weight excluding hydrogens is 487 g/mol. The van der Waals surface area contributed by atoms with E-state index in [4.69, 9.17) is 16.3 Å². The number of nitrogens with one attached hydrogen (secondary N) is 2. The predicted molar refractivity (Wildman–Crippen MR) is 131 cm³/mol. The van der Waals surface area contributed by atoms with Gasteiger partial charge in [0.15, 0.2) is 5.82 Å². The average Bonchev–Trinajstić information content (AvgIpc) is 3.59. The first kappa shape index (κ1) is 23.5. The van der Waals surface area contributed by atoms with E-state index in [2.05, 4.69) is 26.7 Å². The van der Waals surface area contributed by atoms with E-state index in [1.54, 1.807) is 31.4 Å². The van der Waals surface area contributed by atoms with Crippen molar-refractivity contribution in [3.63, 3.8) is 0 Å². The van der Waals surface area contributed by atoms with E-state index < -0.39 is 5.82 Å². The molecule has 1 aliphatic carbocycles. The topological polar surface area (TPSA) is 126 Å². The van der Waals surface area contributed by atoms with E-state index in [1.165, 1.54) is 17.7 Å². The standard InChI is InChI=1S/C25H20ClFN6O3/c1-12(34)29-11-20-16-7-13(3-6-15(16)25(35)32-31-20)18-10-30-33(2)24(18)22-17(9-28)21(36-14-4-5-14)8-19(26)23(22)27/h3,6-8,10,14H,4-5,11H2,1-2H3,(H,29,34)(H,32,35). The van der Waals surface area contributed by atoms with E-state index in [1.807, 2.05) is 0 Å². The first-order chi connectivity index (χ1) is 17.3. The number of fused-ring (bicyclic) bond motifs is 1. The summed E-state index contributed by atoms with van der Waals surface area (Å²) in [4.78, 5) is 23.8. The zero-order valence-electron chi connectivity index (χ0n) is 19.4. The number of ether oxygens (including phenoxy) is 1. The van der Waals surface area contributed by atoms with Crippen molar-refractivity contribution in [1.29, 1.82) is 5.26 Å². The molecule has 0 radical (unpaired) electrons. The summed E-state index contributed by atoms with van der Waals surface area (Å²) >= 11 is 6.22. The molecule has 2 aromatic heterocycles. The minimum atomic E-state index is -0.758. The molecule has 1 fully saturated rings. The lowest BCUT2D eigenvalue weighted by Crippen LogP contribution is -2.21. The van der Waals surface area contributed by atoms with Crippen molar-refractivity contribution in [3.05, 3.63) is 62.9 Å². The molecule has 182 valence electrons. The quantitative estimate of drug-likeness (QED) is 0.409. The van der Waals surface area contributed by atoms with Gasteiger partial charge in [0.2, 0.25) is 5.91 Å². The minimum absolute atomic E-state index is 0.0155. The van der Waals surface area contributed by atoms with Gasteiger partial charge in [0.05, 0.1) is 46.2 Å². The highest BCUT2D eigenvalue weighted by atomic mass is 35.5. The summed E-state index contributed by atoms with van der Waals surface area (Å²) in [5, 5.41) is 24.2. The third kappa shape index (κ3) is 4.18. The van der Waals surface area contributed by atoms with Gasteiger partial charge in [-0.15, -0.1) is 0 Å². The van der Waals surface area contributed by atoms with Crippen LogP contribution >= 0.6 is 11.6 Å². The first-order valence-corrected chi connectivity index (χ1v) is 11.5. The molecule has 2 N–H and O–H groups in total. The minimum Gasteiger partial charge on any atom is -0.489 e. The summed E-state index contributed by atoms with van der Waals surface area (Å²) in [6.07, 6.45) is 3.24. The van der Waals surface area contributed by atoms with Crippen molar-refractivity contribution in [1.82, 2.24) is 25.3 Å². The number of benzene rings is 2. The van der Waals surface area contributed by atoms with Crippen molar-refractivity contribution < 1.29 is 13.9 Å². The first-order valence-electron chi connectivity index (χ1n) is 11.2. The van der Waals surface area contributed by atoms with Gasteiger partial charge in [-0.05, 0) is 30.5 Å². The molecule has 2 aromatic carbocycles. The van der Waals surface area contributed by atoms with Gasteiger partial charge < -0.3 is 10.1 Å². The SMILES string of the molecule is CC(=O)NCc1n[nH]c(=O)c2ccc(-c3cnn(C)c3-c3c(F)c(Cl)cc(OC4CC4)c3C#N)cc12. The Kier molecular flexibility index (Phi) is 5.94. The smallest absolute Gasteiger partial charge is 0.272 e. The van der Waals surface area contributed by atoms with E-state index in [0.29, 0.717) is 33.3 Å². The lowest BCUT2D eigenvalue weighted by Gasteiger charge is -2.15. The average molecular weight is 507 g/mol. The van der Waals surface area contributed by atoms with Crippen LogP contribution in [0.2, 0.25) is 5.02 Å². The molecule has 2 heterocycles. The third-order valence-electron chi connectivity index (χ3n) is 5.97. The Morgan fingerprint density at radius 2 is 2.14 bits per heavy atom. The van der Waals surface area contributed by atoms with Gasteiger partial charge in [0.25, 0.3) is 5.56 Å². The fourth-order valence-electron chi connectivity index (χ4n) is 4.07. The monoisotopic (exact) mass is 506 g/mol. The third-order valence-corrected chi connectivity index (χ3v) is 6.25. The normalized spacial score (nSPS) is 13.0. The Balaban J connectivity index is 1.71. The van der Waals surface area contributed by atoms with Crippen LogP contribution in [0, 0.1) is 17.1 Å². The van der Waals surface area contributed by atoms with Crippen molar-refractivity contribution >= 4 is 28.3 Å². The van der Waals surface area contributed by atoms with Gasteiger partial charge in [-0.3, -0.25) is 14.3 Å². The lowest BCUT2D eigenvalue weighted by atomic mass is 9.95. The summed E-state index contributed by atoms with van der Waals surface area (Å²) in [5.41, 5.74) is 1.53. The molecule has 0 spiro atoms. The van der Waals surface area contributed by atoms with Crippen molar-refractivity contribution in [2.75, 3.05) is 0 Å². The number of aryl methyl sites for hydroxylation is 1. The number of carbonyl (C=O) groups is 1. The zero-order chi connectivity index (χ0) is 25.6. The Labute approximate surface area is 209 Å². The second-order valence-electron chi connectivity index (χ2n) is 8.55. The van der Waals surface area contributed by atoms with Crippen LogP contribution in [0.5, 0.6) is 5.75 Å². The van der Waals surface area contributed by atoms with E-state index in [-0.39, 0.29) is 46.0 Å². The molecule has 0 unspecified atom stereocenters. The summed E-state index contributed by atoms with van der Waals surface area (Å²) in [6, 6.07) is 8.46. The second-order valence-corrected chi connectivity index (χ2v) is 8.96. The molecule has 1 amide bonds. The van der Waals surface area contributed by atoms with Gasteiger partial charge in [-0.1, -0.05) is 17.7 Å². The number of carbonyl (C=O) groups excluding carboxylic acids is 1. The number of aromatic nitrogens is 4. The maximum Gasteiger partial charge on any atom is 0.272 e. The van der Waals surface area contributed by atoms with Gasteiger partial charge in [0.1, 0.15) is 17.4 Å². The number of nitriles is 1. The Morgan fingerprint density at radius 1 is 1.36 bits per heavy atom. The van der Waals surface area contributed by atoms with Gasteiger partial charge >= 0.3 is 0 Å². The molecule has 0 saturated heterocycles. The number of amides is 1. The van der Waals surface area contributed by atoms with Crippen molar-refractivity contribution in [2.24, 2.45) is 7.05 Å². The molecule has 0 aliphatic heterocycles. The van der Waals surface area contributed by atoms with Gasteiger partial charge in [0, 0.05) is 31.0 Å². The maximum atomic E-state index is 15.5. The highest BCUT2D eigenvalue weighted by Crippen LogP contribution is 2.43. The van der Waals surface area contributed by atoms with Crippen LogP contribution in [-0.4, -0.2) is 32.0 Å². The molecule has 36 heavy (non-hydrogen) atoms. The van der Waals surface area contributed by atoms with Crippen molar-refractivity contribution in [2.45, 2.75) is 32.4 Å². The van der Waals surface area contributed by atoms with Crippen LogP contribution in [0.15, 0.2) is 35.3 Å². The molecule has 1 saturated carbocycles. The van der Waals surface area contributed by atoms with Crippen molar-refractivity contribution in [3.8, 4) is 34.2 Å². The van der Waals surface area contributed by atoms with Crippen LogP contribution in [0.1, 0.15) is 31.0 Å². The second kappa shape index (κ2) is 9.09. The molecule has 4 aromatic rings. The van der Waals surface area contributed by atoms with E-state index in [9.17, 15) is 14.9 Å². The van der Waals surface area contributed by atoms with Crippen LogP contribution in [-0.2, 0) is 18.4 Å². The summed E-state index contributed by atoms with van der Waals surface area (Å²) < 4.78 is 22.8. The Bertz CT molecular complexity index is 1630. The number of H-pyrrole nitrogens is 1. The summed E-state index contributed by atoms with van der Waals surface area (Å²) in [6.45, 7) is 1.49. The Morgan fingerprint density at radius 3 is 2.83 bits per heavy atom. The van der Waals surface area contributed by atoms with E-state index >= 15 is 4.39 Å². The molecule has 0 bridgehead atoms. The molecule has 0 atom stereocenters. The molecule has 11 heteroatoms. The molecular formula is C25H20ClFN6O3. The van der Waals surface area contributed by atoms with Gasteiger partial charge in [-0.2, -0.15) is 15.5 Å². The van der Waals surface area contributed by atoms with Gasteiger partial charge in [-0.25, -0.2) is 9.49 Å². The lowest BCUT2D eigenvalue weighted by molar-refractivity contribution is -0.119. The molecule has 9 nitrogen and oxygen atoms in total. The van der Waals surface area contributed by atoms with Crippen LogP contribution < -0.4 is 15.6 Å². The van der Waals surface area contributed by atoms with Crippen LogP contribution in [0.4, 0.5) is 4.39 Å². The highest BCUT2D eigenvalue weighted by molar-refractivity contribution is 6.31. The predicted octanol–water partition coefficient (Wildman–Crippen LogP) is 3.83. The molecule has 1 aliphatic rings. The maximum absolute atomic E-state index is 15.5. The number of hydrogen-bond donors (Lipinski definition) is 2. The fraction of sp³-hybridized carbons (Fsp3) is 0.240. The number of halogens is 2. The van der Waals surface area contributed by atoms with Crippen LogP contribution in [0.3, 0.4) is 0 Å². The summed E-state index contributed by atoms with van der Waals surface area (Å²) in [7, 11) is 1.64. The van der Waals surface area contributed by atoms with Crippen LogP contribution in [0.25, 0.3) is 33.2 Å². The van der Waals surface area contributed by atoms with E-state index in [0.717, 1.165) is 12.8 Å². The largest absolute Gasteiger partial charge is 0.489 e. The number of nitrogens with zero attached hydrogens (tertiary/aromatic N) is 4. The number of rotatable bonds is 6. The number of aromatic amines is 1. The zero-order valence-corrected chi connectivity index (χ0v) is 20.1. The molecule has 5 rings (SSSR count). The number of hydrogen-bond acceptors (Lipinski definition) is 6. The summed E-state index contributed by atoms with van der Waals surface area (Å²) in [5.74, 6) is -0.779.